The van der Waals surface area contributed by atoms with Crippen LogP contribution in [0.1, 0.15) is 34.1 Å². The van der Waals surface area contributed by atoms with Crippen molar-refractivity contribution in [2.45, 2.75) is 40.2 Å². The number of hydrogen-bond donors (Lipinski definition) is 3. The minimum absolute atomic E-state index is 0.0364. The highest BCUT2D eigenvalue weighted by Gasteiger charge is 2.68. The summed E-state index contributed by atoms with van der Waals surface area (Å²) in [5.41, 5.74) is -0.224. The van der Waals surface area contributed by atoms with Gasteiger partial charge in [-0.25, -0.2) is 4.79 Å². The Morgan fingerprint density at radius 3 is 2.00 bits per heavy atom. The van der Waals surface area contributed by atoms with E-state index >= 15 is 0 Å². The standard InChI is InChI=1S/C12H21NO4/c1-11(2)8(12(11,3)4)9(15)13-7(5-6-14)10(16)17/h7-8,14H,5-6H2,1-4H3,(H,13,15)(H,16,17)/t7-/m1/s1. The molecule has 3 N–H and O–H groups in total. The highest BCUT2D eigenvalue weighted by molar-refractivity contribution is 5.88. The first-order valence-electron chi connectivity index (χ1n) is 5.80. The third-order valence-electron chi connectivity index (χ3n) is 4.32. The average molecular weight is 243 g/mol. The van der Waals surface area contributed by atoms with Crippen molar-refractivity contribution in [3.63, 3.8) is 0 Å². The van der Waals surface area contributed by atoms with Crippen LogP contribution in [0, 0.1) is 16.7 Å². The van der Waals surface area contributed by atoms with Crippen molar-refractivity contribution in [2.75, 3.05) is 6.61 Å². The van der Waals surface area contributed by atoms with E-state index in [1.54, 1.807) is 0 Å². The van der Waals surface area contributed by atoms with E-state index in [2.05, 4.69) is 5.32 Å². The van der Waals surface area contributed by atoms with Crippen LogP contribution in [0.2, 0.25) is 0 Å². The summed E-state index contributed by atoms with van der Waals surface area (Å²) in [5.74, 6) is -1.51. The van der Waals surface area contributed by atoms with Crippen molar-refractivity contribution in [2.24, 2.45) is 16.7 Å². The number of rotatable bonds is 5. The Labute approximate surface area is 101 Å². The third kappa shape index (κ3) is 2.29. The minimum atomic E-state index is -1.11. The van der Waals surface area contributed by atoms with E-state index in [1.165, 1.54) is 0 Å². The van der Waals surface area contributed by atoms with Crippen molar-refractivity contribution < 1.29 is 19.8 Å². The zero-order valence-corrected chi connectivity index (χ0v) is 10.8. The van der Waals surface area contributed by atoms with Crippen LogP contribution in [-0.4, -0.2) is 34.7 Å². The molecule has 5 nitrogen and oxygen atoms in total. The van der Waals surface area contributed by atoms with Gasteiger partial charge in [-0.2, -0.15) is 0 Å². The smallest absolute Gasteiger partial charge is 0.326 e. The van der Waals surface area contributed by atoms with Crippen molar-refractivity contribution in [3.8, 4) is 0 Å². The van der Waals surface area contributed by atoms with Crippen LogP contribution in [-0.2, 0) is 9.59 Å². The van der Waals surface area contributed by atoms with Gasteiger partial charge in [-0.1, -0.05) is 27.7 Å². The van der Waals surface area contributed by atoms with Gasteiger partial charge in [0, 0.05) is 18.9 Å². The van der Waals surface area contributed by atoms with Gasteiger partial charge in [-0.05, 0) is 10.8 Å². The van der Waals surface area contributed by atoms with Crippen LogP contribution < -0.4 is 5.32 Å². The molecule has 0 bridgehead atoms. The molecule has 0 aromatic rings. The molecule has 1 aliphatic rings. The molecule has 0 spiro atoms. The lowest BCUT2D eigenvalue weighted by Crippen LogP contribution is -2.43. The quantitative estimate of drug-likeness (QED) is 0.660. The van der Waals surface area contributed by atoms with Crippen LogP contribution in [0.25, 0.3) is 0 Å². The van der Waals surface area contributed by atoms with Gasteiger partial charge < -0.3 is 15.5 Å². The van der Waals surface area contributed by atoms with Crippen molar-refractivity contribution in [3.05, 3.63) is 0 Å². The Morgan fingerprint density at radius 1 is 1.24 bits per heavy atom. The van der Waals surface area contributed by atoms with Crippen molar-refractivity contribution >= 4 is 11.9 Å². The summed E-state index contributed by atoms with van der Waals surface area (Å²) in [6.45, 7) is 7.74. The second-order valence-electron chi connectivity index (χ2n) is 5.79. The number of carbonyl (C=O) groups is 2. The fraction of sp³-hybridized carbons (Fsp3) is 0.833. The summed E-state index contributed by atoms with van der Waals surface area (Å²) in [6, 6.07) is -1.00. The van der Waals surface area contributed by atoms with Gasteiger partial charge >= 0.3 is 5.97 Å². The zero-order chi connectivity index (χ0) is 13.4. The molecule has 0 saturated heterocycles. The predicted molar refractivity (Wildman–Crippen MR) is 62.3 cm³/mol. The van der Waals surface area contributed by atoms with E-state index in [1.807, 2.05) is 27.7 Å². The number of amides is 1. The highest BCUT2D eigenvalue weighted by atomic mass is 16.4. The van der Waals surface area contributed by atoms with Crippen LogP contribution in [0.15, 0.2) is 0 Å². The number of carboxylic acids is 1. The molecule has 1 saturated carbocycles. The Balaban J connectivity index is 2.65. The summed E-state index contributed by atoms with van der Waals surface area (Å²) in [6.07, 6.45) is 0.0364. The first kappa shape index (κ1) is 14.0. The second kappa shape index (κ2) is 4.29. The maximum Gasteiger partial charge on any atom is 0.326 e. The van der Waals surface area contributed by atoms with E-state index in [0.717, 1.165) is 0 Å². The Hall–Kier alpha value is -1.10. The van der Waals surface area contributed by atoms with Gasteiger partial charge in [0.2, 0.25) is 5.91 Å². The maximum absolute atomic E-state index is 12.0. The number of nitrogens with one attached hydrogen (secondary N) is 1. The normalized spacial score (nSPS) is 22.9. The molecule has 0 aromatic carbocycles. The number of carbonyl (C=O) groups excluding carboxylic acids is 1. The van der Waals surface area contributed by atoms with Gasteiger partial charge in [0.15, 0.2) is 0 Å². The topological polar surface area (TPSA) is 86.6 Å². The van der Waals surface area contributed by atoms with Gasteiger partial charge in [-0.15, -0.1) is 0 Å². The van der Waals surface area contributed by atoms with E-state index in [4.69, 9.17) is 10.2 Å². The molecule has 1 fully saturated rings. The fourth-order valence-electron chi connectivity index (χ4n) is 2.49. The van der Waals surface area contributed by atoms with E-state index in [9.17, 15) is 9.59 Å². The summed E-state index contributed by atoms with van der Waals surface area (Å²) < 4.78 is 0. The summed E-state index contributed by atoms with van der Waals surface area (Å²) in [5, 5.41) is 20.1. The Bertz CT molecular complexity index is 321. The Morgan fingerprint density at radius 2 is 1.71 bits per heavy atom. The molecule has 0 unspecified atom stereocenters. The molecule has 0 aliphatic heterocycles. The molecular formula is C12H21NO4. The Kier molecular flexibility index (Phi) is 3.52. The van der Waals surface area contributed by atoms with Gasteiger partial charge in [0.1, 0.15) is 6.04 Å². The number of carboxylic acid groups (broad SMARTS) is 1. The molecule has 1 rings (SSSR count). The van der Waals surface area contributed by atoms with Gasteiger partial charge in [0.25, 0.3) is 0 Å². The van der Waals surface area contributed by atoms with Crippen molar-refractivity contribution in [1.82, 2.24) is 5.32 Å². The average Bonchev–Trinajstić information content (AvgIpc) is 2.56. The molecule has 1 amide bonds. The fourth-order valence-corrected chi connectivity index (χ4v) is 2.49. The maximum atomic E-state index is 12.0. The van der Waals surface area contributed by atoms with E-state index in [0.29, 0.717) is 0 Å². The van der Waals surface area contributed by atoms with Gasteiger partial charge in [-0.3, -0.25) is 4.79 Å². The first-order valence-corrected chi connectivity index (χ1v) is 5.80. The third-order valence-corrected chi connectivity index (χ3v) is 4.32. The molecule has 1 atom stereocenters. The molecular weight excluding hydrogens is 222 g/mol. The molecule has 17 heavy (non-hydrogen) atoms. The predicted octanol–water partition coefficient (Wildman–Crippen LogP) is 0.620. The van der Waals surface area contributed by atoms with Gasteiger partial charge in [0.05, 0.1) is 0 Å². The summed E-state index contributed by atoms with van der Waals surface area (Å²) in [4.78, 5) is 22.8. The molecule has 0 heterocycles. The van der Waals surface area contributed by atoms with Crippen LogP contribution >= 0.6 is 0 Å². The summed E-state index contributed by atoms with van der Waals surface area (Å²) in [7, 11) is 0. The number of aliphatic hydroxyl groups is 1. The number of aliphatic hydroxyl groups excluding tert-OH is 1. The SMILES string of the molecule is CC1(C)C(C(=O)N[C@H](CCO)C(=O)O)C1(C)C. The highest BCUT2D eigenvalue weighted by Crippen LogP contribution is 2.68. The molecule has 5 heteroatoms. The number of aliphatic carboxylic acids is 1. The van der Waals surface area contributed by atoms with E-state index < -0.39 is 12.0 Å². The zero-order valence-electron chi connectivity index (χ0n) is 10.8. The monoisotopic (exact) mass is 243 g/mol. The molecule has 0 aromatic heterocycles. The van der Waals surface area contributed by atoms with Crippen LogP contribution in [0.4, 0.5) is 0 Å². The lowest BCUT2D eigenvalue weighted by Gasteiger charge is -2.14. The van der Waals surface area contributed by atoms with Crippen LogP contribution in [0.3, 0.4) is 0 Å². The van der Waals surface area contributed by atoms with Crippen LogP contribution in [0.5, 0.6) is 0 Å². The van der Waals surface area contributed by atoms with E-state index in [-0.39, 0.29) is 35.7 Å². The summed E-state index contributed by atoms with van der Waals surface area (Å²) >= 11 is 0. The lowest BCUT2D eigenvalue weighted by atomic mass is 10.0. The molecule has 0 radical (unpaired) electrons. The molecule has 1 aliphatic carbocycles. The minimum Gasteiger partial charge on any atom is -0.480 e. The molecule has 98 valence electrons. The van der Waals surface area contributed by atoms with Crippen molar-refractivity contribution in [1.29, 1.82) is 0 Å². The second-order valence-corrected chi connectivity index (χ2v) is 5.79. The largest absolute Gasteiger partial charge is 0.480 e. The lowest BCUT2D eigenvalue weighted by molar-refractivity contribution is -0.142. The number of hydrogen-bond acceptors (Lipinski definition) is 3. The first-order chi connectivity index (χ1) is 7.66.